The van der Waals surface area contributed by atoms with Crippen LogP contribution < -0.4 is 5.32 Å². The molecule has 0 spiro atoms. The van der Waals surface area contributed by atoms with Crippen LogP contribution in [0.25, 0.3) is 22.3 Å². The van der Waals surface area contributed by atoms with Crippen molar-refractivity contribution in [1.82, 2.24) is 34.7 Å². The van der Waals surface area contributed by atoms with E-state index in [9.17, 15) is 23.1 Å². The van der Waals surface area contributed by atoms with Gasteiger partial charge in [-0.05, 0) is 24.3 Å². The average molecular weight is 501 g/mol. The van der Waals surface area contributed by atoms with Gasteiger partial charge in [0.1, 0.15) is 0 Å². The van der Waals surface area contributed by atoms with Crippen LogP contribution in [-0.4, -0.2) is 45.8 Å². The highest BCUT2D eigenvalue weighted by Gasteiger charge is 2.41. The Hall–Kier alpha value is -4.52. The monoisotopic (exact) mass is 500 g/mol. The number of hydrogen-bond donors (Lipinski definition) is 2. The van der Waals surface area contributed by atoms with E-state index in [-0.39, 0.29) is 38.9 Å². The van der Waals surface area contributed by atoms with Gasteiger partial charge in [-0.2, -0.15) is 28.5 Å². The van der Waals surface area contributed by atoms with Gasteiger partial charge in [0.05, 0.1) is 46.7 Å². The first kappa shape index (κ1) is 22.3. The van der Waals surface area contributed by atoms with Crippen LogP contribution in [0.1, 0.15) is 16.1 Å². The first-order valence-corrected chi connectivity index (χ1v) is 10.2. The van der Waals surface area contributed by atoms with E-state index in [1.807, 2.05) is 0 Å². The second kappa shape index (κ2) is 8.36. The van der Waals surface area contributed by atoms with Crippen molar-refractivity contribution in [3.63, 3.8) is 0 Å². The molecule has 4 heterocycles. The Bertz CT molecular complexity index is 1570. The molecule has 0 saturated heterocycles. The molecule has 0 atom stereocenters. The Labute approximate surface area is 198 Å². The van der Waals surface area contributed by atoms with Crippen molar-refractivity contribution in [2.75, 3.05) is 5.32 Å². The van der Waals surface area contributed by atoms with Crippen molar-refractivity contribution >= 4 is 34.0 Å². The summed E-state index contributed by atoms with van der Waals surface area (Å²) in [6.45, 7) is 0. The number of nitrogens with zero attached hydrogens (tertiary/aromatic N) is 7. The first-order chi connectivity index (χ1) is 16.7. The molecule has 2 N–H and O–H groups in total. The summed E-state index contributed by atoms with van der Waals surface area (Å²) in [5.74, 6) is -1.25. The summed E-state index contributed by atoms with van der Waals surface area (Å²) in [5.41, 5.74) is -1.96. The lowest BCUT2D eigenvalue weighted by molar-refractivity contribution is -0.143. The fourth-order valence-electron chi connectivity index (χ4n) is 3.50. The predicted octanol–water partition coefficient (Wildman–Crippen LogP) is 4.03. The molecule has 0 fully saturated rings. The summed E-state index contributed by atoms with van der Waals surface area (Å²) in [6.07, 6.45) is 1.17. The minimum Gasteiger partial charge on any atom is -0.493 e. The SMILES string of the molecule is O=C(Nc1cnc(-n2nccn2)c(Cl)c1)c1cnn(-c2cccc3c(O)nccc23)c1C(F)(F)F. The van der Waals surface area contributed by atoms with Crippen LogP contribution in [0.3, 0.4) is 0 Å². The maximum Gasteiger partial charge on any atom is 0.434 e. The Balaban J connectivity index is 1.54. The van der Waals surface area contributed by atoms with Crippen molar-refractivity contribution < 1.29 is 23.1 Å². The third-order valence-corrected chi connectivity index (χ3v) is 5.24. The molecule has 0 radical (unpaired) electrons. The summed E-state index contributed by atoms with van der Waals surface area (Å²) < 4.78 is 43.0. The van der Waals surface area contributed by atoms with Gasteiger partial charge < -0.3 is 10.4 Å². The summed E-state index contributed by atoms with van der Waals surface area (Å²) >= 11 is 6.17. The van der Waals surface area contributed by atoms with Gasteiger partial charge in [-0.3, -0.25) is 4.79 Å². The lowest BCUT2D eigenvalue weighted by Crippen LogP contribution is -2.21. The molecule has 1 aromatic carbocycles. The second-order valence-electron chi connectivity index (χ2n) is 7.13. The predicted molar refractivity (Wildman–Crippen MR) is 118 cm³/mol. The van der Waals surface area contributed by atoms with Crippen LogP contribution in [0.4, 0.5) is 18.9 Å². The number of pyridine rings is 2. The Kier molecular flexibility index (Phi) is 5.32. The highest BCUT2D eigenvalue weighted by molar-refractivity contribution is 6.32. The van der Waals surface area contributed by atoms with E-state index in [4.69, 9.17) is 11.6 Å². The Morgan fingerprint density at radius 1 is 1.00 bits per heavy atom. The first-order valence-electron chi connectivity index (χ1n) is 9.80. The topological polar surface area (TPSA) is 124 Å². The van der Waals surface area contributed by atoms with E-state index in [2.05, 4.69) is 30.6 Å². The fourth-order valence-corrected chi connectivity index (χ4v) is 3.74. The molecule has 0 bridgehead atoms. The van der Waals surface area contributed by atoms with Gasteiger partial charge in [-0.15, -0.1) is 4.80 Å². The zero-order chi connectivity index (χ0) is 24.7. The highest BCUT2D eigenvalue weighted by atomic mass is 35.5. The molecule has 0 saturated carbocycles. The second-order valence-corrected chi connectivity index (χ2v) is 7.53. The smallest absolute Gasteiger partial charge is 0.434 e. The summed E-state index contributed by atoms with van der Waals surface area (Å²) in [6, 6.07) is 7.09. The number of anilines is 1. The number of benzene rings is 1. The van der Waals surface area contributed by atoms with Crippen molar-refractivity contribution in [3.05, 3.63) is 77.6 Å². The number of aromatic hydroxyl groups is 1. The molecule has 10 nitrogen and oxygen atoms in total. The average Bonchev–Trinajstić information content (AvgIpc) is 3.49. The van der Waals surface area contributed by atoms with Crippen LogP contribution >= 0.6 is 11.6 Å². The van der Waals surface area contributed by atoms with Gasteiger partial charge in [0.25, 0.3) is 5.91 Å². The van der Waals surface area contributed by atoms with Gasteiger partial charge in [-0.25, -0.2) is 14.6 Å². The molecule has 0 aliphatic rings. The maximum atomic E-state index is 14.1. The Morgan fingerprint density at radius 2 is 1.77 bits per heavy atom. The van der Waals surface area contributed by atoms with Crippen LogP contribution in [0.2, 0.25) is 5.02 Å². The molecule has 5 aromatic rings. The van der Waals surface area contributed by atoms with Gasteiger partial charge in [0.15, 0.2) is 11.5 Å². The third kappa shape index (κ3) is 4.01. The molecule has 1 amide bonds. The number of fused-ring (bicyclic) bond motifs is 1. The van der Waals surface area contributed by atoms with Crippen LogP contribution in [0, 0.1) is 0 Å². The minimum absolute atomic E-state index is 0.00682. The number of carbonyl (C=O) groups is 1. The lowest BCUT2D eigenvalue weighted by atomic mass is 10.1. The van der Waals surface area contributed by atoms with Crippen LogP contribution in [0.15, 0.2) is 61.3 Å². The number of alkyl halides is 3. The van der Waals surface area contributed by atoms with Crippen molar-refractivity contribution in [2.45, 2.75) is 6.18 Å². The van der Waals surface area contributed by atoms with Crippen molar-refractivity contribution in [2.24, 2.45) is 0 Å². The fraction of sp³-hybridized carbons (Fsp3) is 0.0476. The molecule has 0 aliphatic heterocycles. The number of rotatable bonds is 4. The van der Waals surface area contributed by atoms with E-state index in [0.717, 1.165) is 11.0 Å². The van der Waals surface area contributed by atoms with E-state index < -0.39 is 23.3 Å². The van der Waals surface area contributed by atoms with E-state index in [1.54, 1.807) is 0 Å². The van der Waals surface area contributed by atoms with Crippen molar-refractivity contribution in [1.29, 1.82) is 0 Å². The summed E-state index contributed by atoms with van der Waals surface area (Å²) in [5, 5.41) is 24.5. The zero-order valence-electron chi connectivity index (χ0n) is 17.3. The summed E-state index contributed by atoms with van der Waals surface area (Å²) in [4.78, 5) is 21.8. The standard InChI is InChI=1S/C21H12ClF3N8O2/c22-15-8-11(9-27-18(15)33-28-6-7-29-33)31-20(35)14-10-30-32(17(14)21(23,24)25)16-3-1-2-13-12(16)4-5-26-19(13)34/h1-10H,(H,26,34)(H,31,35). The lowest BCUT2D eigenvalue weighted by Gasteiger charge is -2.14. The van der Waals surface area contributed by atoms with Crippen LogP contribution in [0.5, 0.6) is 5.88 Å². The third-order valence-electron chi connectivity index (χ3n) is 4.96. The molecule has 4 aromatic heterocycles. The Morgan fingerprint density at radius 3 is 2.49 bits per heavy atom. The summed E-state index contributed by atoms with van der Waals surface area (Å²) in [7, 11) is 0. The van der Waals surface area contributed by atoms with Crippen LogP contribution in [-0.2, 0) is 6.18 Å². The molecular formula is C21H12ClF3N8O2. The molecule has 176 valence electrons. The zero-order valence-corrected chi connectivity index (χ0v) is 18.0. The number of halogens is 4. The van der Waals surface area contributed by atoms with E-state index in [1.165, 1.54) is 55.1 Å². The molecule has 0 unspecified atom stereocenters. The molecule has 14 heteroatoms. The van der Waals surface area contributed by atoms with Gasteiger partial charge in [0.2, 0.25) is 5.88 Å². The van der Waals surface area contributed by atoms with Gasteiger partial charge >= 0.3 is 6.18 Å². The number of nitrogens with one attached hydrogen (secondary N) is 1. The number of hydrogen-bond acceptors (Lipinski definition) is 7. The quantitative estimate of drug-likeness (QED) is 0.382. The molecule has 35 heavy (non-hydrogen) atoms. The molecule has 5 rings (SSSR count). The maximum absolute atomic E-state index is 14.1. The van der Waals surface area contributed by atoms with Gasteiger partial charge in [-0.1, -0.05) is 17.7 Å². The minimum atomic E-state index is -4.94. The highest BCUT2D eigenvalue weighted by Crippen LogP contribution is 2.36. The largest absolute Gasteiger partial charge is 0.493 e. The van der Waals surface area contributed by atoms with Crippen molar-refractivity contribution in [3.8, 4) is 17.4 Å². The number of amides is 1. The number of carbonyl (C=O) groups excluding carboxylic acids is 1. The van der Waals surface area contributed by atoms with E-state index in [0.29, 0.717) is 4.68 Å². The molecular weight excluding hydrogens is 489 g/mol. The van der Waals surface area contributed by atoms with E-state index >= 15 is 0 Å². The van der Waals surface area contributed by atoms with Gasteiger partial charge in [0, 0.05) is 17.0 Å². The number of aromatic nitrogens is 7. The molecule has 0 aliphatic carbocycles. The normalized spacial score (nSPS) is 11.7.